The highest BCUT2D eigenvalue weighted by atomic mass is 31.2. The first-order valence-corrected chi connectivity index (χ1v) is 13.3. The predicted octanol–water partition coefficient (Wildman–Crippen LogP) is 4.52. The molecule has 38 heavy (non-hydrogen) atoms. The minimum Gasteiger partial charge on any atom is -0.460 e. The van der Waals surface area contributed by atoms with E-state index in [1.54, 1.807) is 48.5 Å². The summed E-state index contributed by atoms with van der Waals surface area (Å²) in [6.45, 7) is 2.88. The van der Waals surface area contributed by atoms with Gasteiger partial charge in [-0.25, -0.2) is 14.7 Å². The number of ether oxygens (including phenoxy) is 2. The van der Waals surface area contributed by atoms with E-state index in [0.717, 1.165) is 11.1 Å². The van der Waals surface area contributed by atoms with Gasteiger partial charge in [0.1, 0.15) is 31.0 Å². The molecule has 0 aromatic heterocycles. The fraction of sp³-hybridized carbons (Fsp3) is 0.231. The monoisotopic (exact) mass is 541 g/mol. The van der Waals surface area contributed by atoms with Crippen molar-refractivity contribution in [3.8, 4) is 5.75 Å². The van der Waals surface area contributed by atoms with Crippen molar-refractivity contribution < 1.29 is 33.1 Å². The minimum absolute atomic E-state index is 0.00800. The van der Waals surface area contributed by atoms with E-state index in [1.807, 2.05) is 12.1 Å². The second kappa shape index (κ2) is 13.5. The van der Waals surface area contributed by atoms with Gasteiger partial charge in [-0.05, 0) is 37.1 Å². The lowest BCUT2D eigenvalue weighted by molar-refractivity contribution is -0.384. The van der Waals surface area contributed by atoms with Crippen molar-refractivity contribution in [2.24, 2.45) is 0 Å². The van der Waals surface area contributed by atoms with Gasteiger partial charge in [0, 0.05) is 12.1 Å². The highest BCUT2D eigenvalue weighted by molar-refractivity contribution is 7.55. The number of hydrogen-bond donors (Lipinski definition) is 2. The molecule has 0 aliphatic carbocycles. The summed E-state index contributed by atoms with van der Waals surface area (Å²) in [5.74, 6) is -1.40. The zero-order valence-electron chi connectivity index (χ0n) is 20.8. The maximum atomic E-state index is 13.8. The summed E-state index contributed by atoms with van der Waals surface area (Å²) in [5, 5.41) is 16.1. The van der Waals surface area contributed by atoms with Crippen LogP contribution in [0.25, 0.3) is 0 Å². The Balaban J connectivity index is 1.70. The second-order valence-electron chi connectivity index (χ2n) is 8.28. The average Bonchev–Trinajstić information content (AvgIpc) is 2.91. The number of nitro benzene ring substituents is 1. The minimum atomic E-state index is -4.16. The normalized spacial score (nSPS) is 12.7. The molecule has 11 nitrogen and oxygen atoms in total. The van der Waals surface area contributed by atoms with Gasteiger partial charge in [-0.3, -0.25) is 19.7 Å². The summed E-state index contributed by atoms with van der Waals surface area (Å²) in [6, 6.07) is 20.7. The molecule has 0 unspecified atom stereocenters. The molecular weight excluding hydrogens is 513 g/mol. The van der Waals surface area contributed by atoms with E-state index in [0.29, 0.717) is 0 Å². The van der Waals surface area contributed by atoms with Gasteiger partial charge in [0.25, 0.3) is 5.69 Å². The molecule has 0 fully saturated rings. The van der Waals surface area contributed by atoms with Crippen LogP contribution in [0.2, 0.25) is 0 Å². The third-order valence-corrected chi connectivity index (χ3v) is 7.09. The molecule has 0 radical (unpaired) electrons. The standard InChI is InChI=1S/C26H28N3O8P/c1-19(25(30)35-17-21-9-5-3-6-10-21)27-38(34,37-24-15-13-23(14-16-24)29(32)33)28-20(2)26(31)36-18-22-11-7-4-8-12-22/h3-16,19-20H,17-18H2,1-2H3,(H2,27,28,34)/t19-,20-/m0/s1. The number of nitrogens with one attached hydrogen (secondary N) is 2. The van der Waals surface area contributed by atoms with E-state index in [2.05, 4.69) is 10.2 Å². The van der Waals surface area contributed by atoms with Crippen molar-refractivity contribution in [1.82, 2.24) is 10.2 Å². The zero-order valence-corrected chi connectivity index (χ0v) is 21.7. The molecule has 0 bridgehead atoms. The molecule has 3 aromatic carbocycles. The summed E-state index contributed by atoms with van der Waals surface area (Å²) in [4.78, 5) is 35.5. The summed E-state index contributed by atoms with van der Waals surface area (Å²) in [6.07, 6.45) is 0. The fourth-order valence-electron chi connectivity index (χ4n) is 3.19. The topological polar surface area (TPSA) is 146 Å². The first-order valence-electron chi connectivity index (χ1n) is 11.7. The number of non-ortho nitro benzene ring substituents is 1. The third kappa shape index (κ3) is 8.81. The molecule has 0 spiro atoms. The maximum Gasteiger partial charge on any atom is 0.391 e. The van der Waals surface area contributed by atoms with Crippen LogP contribution in [0.5, 0.6) is 5.75 Å². The number of hydrogen-bond acceptors (Lipinski definition) is 8. The van der Waals surface area contributed by atoms with Crippen molar-refractivity contribution in [3.05, 3.63) is 106 Å². The van der Waals surface area contributed by atoms with Gasteiger partial charge >= 0.3 is 19.6 Å². The van der Waals surface area contributed by atoms with Gasteiger partial charge in [-0.2, -0.15) is 0 Å². The van der Waals surface area contributed by atoms with E-state index >= 15 is 0 Å². The Morgan fingerprint density at radius 1 is 0.789 bits per heavy atom. The fourth-order valence-corrected chi connectivity index (χ4v) is 5.02. The molecule has 200 valence electrons. The molecule has 0 aliphatic rings. The van der Waals surface area contributed by atoms with E-state index in [1.165, 1.54) is 38.1 Å². The smallest absolute Gasteiger partial charge is 0.391 e. The van der Waals surface area contributed by atoms with E-state index in [-0.39, 0.29) is 24.7 Å². The summed E-state index contributed by atoms with van der Waals surface area (Å²) < 4.78 is 30.0. The number of esters is 2. The van der Waals surface area contributed by atoms with E-state index < -0.39 is 36.6 Å². The largest absolute Gasteiger partial charge is 0.460 e. The number of nitrogens with zero attached hydrogens (tertiary/aromatic N) is 1. The lowest BCUT2D eigenvalue weighted by Gasteiger charge is -2.26. The third-order valence-electron chi connectivity index (χ3n) is 5.16. The lowest BCUT2D eigenvalue weighted by Crippen LogP contribution is -2.43. The molecule has 0 amide bonds. The highest BCUT2D eigenvalue weighted by Crippen LogP contribution is 2.40. The molecule has 3 rings (SSSR count). The quantitative estimate of drug-likeness (QED) is 0.137. The van der Waals surface area contributed by atoms with Gasteiger partial charge in [-0.15, -0.1) is 0 Å². The zero-order chi connectivity index (χ0) is 27.5. The summed E-state index contributed by atoms with van der Waals surface area (Å²) >= 11 is 0. The molecular formula is C26H28N3O8P. The van der Waals surface area contributed by atoms with Gasteiger partial charge in [0.05, 0.1) is 4.92 Å². The SMILES string of the molecule is C[C@H](NP(=O)(N[C@@H](C)C(=O)OCc1ccccc1)Oc1ccc([N+](=O)[O-])cc1)C(=O)OCc1ccccc1. The van der Waals surface area contributed by atoms with Crippen molar-refractivity contribution in [2.45, 2.75) is 39.1 Å². The van der Waals surface area contributed by atoms with Crippen LogP contribution in [0.3, 0.4) is 0 Å². The molecule has 12 heteroatoms. The Kier molecular flexibility index (Phi) is 10.1. The Hall–Kier alpha value is -4.05. The molecule has 3 aromatic rings. The number of nitro groups is 1. The van der Waals surface area contributed by atoms with E-state index in [9.17, 15) is 24.3 Å². The first-order chi connectivity index (χ1) is 18.1. The molecule has 0 saturated carbocycles. The molecule has 2 atom stereocenters. The second-order valence-corrected chi connectivity index (χ2v) is 10.1. The number of carbonyl (C=O) groups excluding carboxylic acids is 2. The Labute approximate surface area is 219 Å². The van der Waals surface area contributed by atoms with Gasteiger partial charge in [0.2, 0.25) is 0 Å². The number of carbonyl (C=O) groups is 2. The van der Waals surface area contributed by atoms with Crippen molar-refractivity contribution in [1.29, 1.82) is 0 Å². The van der Waals surface area contributed by atoms with Crippen LogP contribution in [0.4, 0.5) is 5.69 Å². The average molecular weight is 541 g/mol. The van der Waals surface area contributed by atoms with Crippen LogP contribution < -0.4 is 14.7 Å². The molecule has 2 N–H and O–H groups in total. The summed E-state index contributed by atoms with van der Waals surface area (Å²) in [5.41, 5.74) is 1.35. The van der Waals surface area contributed by atoms with Crippen molar-refractivity contribution >= 4 is 25.3 Å². The van der Waals surface area contributed by atoms with Crippen LogP contribution in [0, 0.1) is 10.1 Å². The Bertz CT molecular complexity index is 1210. The Morgan fingerprint density at radius 3 is 1.61 bits per heavy atom. The Morgan fingerprint density at radius 2 is 1.21 bits per heavy atom. The molecule has 0 saturated heterocycles. The molecule has 0 heterocycles. The highest BCUT2D eigenvalue weighted by Gasteiger charge is 2.34. The lowest BCUT2D eigenvalue weighted by atomic mass is 10.2. The predicted molar refractivity (Wildman–Crippen MR) is 139 cm³/mol. The van der Waals surface area contributed by atoms with Crippen LogP contribution >= 0.6 is 7.67 Å². The number of rotatable bonds is 13. The maximum absolute atomic E-state index is 13.8. The summed E-state index contributed by atoms with van der Waals surface area (Å²) in [7, 11) is -4.16. The van der Waals surface area contributed by atoms with Gasteiger partial charge in [-0.1, -0.05) is 60.7 Å². The van der Waals surface area contributed by atoms with Crippen LogP contribution in [-0.4, -0.2) is 28.9 Å². The van der Waals surface area contributed by atoms with Gasteiger partial charge in [0.15, 0.2) is 0 Å². The van der Waals surface area contributed by atoms with Crippen molar-refractivity contribution in [3.63, 3.8) is 0 Å². The van der Waals surface area contributed by atoms with Crippen LogP contribution in [0.15, 0.2) is 84.9 Å². The first kappa shape index (κ1) is 28.5. The van der Waals surface area contributed by atoms with Crippen molar-refractivity contribution in [2.75, 3.05) is 0 Å². The van der Waals surface area contributed by atoms with Crippen LogP contribution in [-0.2, 0) is 36.8 Å². The van der Waals surface area contributed by atoms with Crippen LogP contribution in [0.1, 0.15) is 25.0 Å². The van der Waals surface area contributed by atoms with Gasteiger partial charge < -0.3 is 14.0 Å². The number of benzene rings is 3. The van der Waals surface area contributed by atoms with E-state index in [4.69, 9.17) is 14.0 Å². The molecule has 0 aliphatic heterocycles.